The van der Waals surface area contributed by atoms with Crippen molar-refractivity contribution in [1.82, 2.24) is 9.97 Å². The van der Waals surface area contributed by atoms with Crippen LogP contribution >= 0.6 is 0 Å². The first-order valence-electron chi connectivity index (χ1n) is 4.12. The van der Waals surface area contributed by atoms with Gasteiger partial charge in [-0.05, 0) is 13.3 Å². The van der Waals surface area contributed by atoms with E-state index in [0.717, 1.165) is 0 Å². The van der Waals surface area contributed by atoms with Crippen molar-refractivity contribution in [3.63, 3.8) is 0 Å². The summed E-state index contributed by atoms with van der Waals surface area (Å²) in [6, 6.07) is 1.23. The van der Waals surface area contributed by atoms with Gasteiger partial charge in [0.25, 0.3) is 5.56 Å². The highest BCUT2D eigenvalue weighted by Crippen LogP contribution is 2.15. The van der Waals surface area contributed by atoms with Gasteiger partial charge in [-0.15, -0.1) is 0 Å². The van der Waals surface area contributed by atoms with E-state index in [1.165, 1.54) is 6.07 Å². The van der Waals surface area contributed by atoms with Crippen LogP contribution in [0, 0.1) is 0 Å². The maximum Gasteiger partial charge on any atom is 0.253 e. The molecule has 1 aromatic heterocycles. The molecule has 0 radical (unpaired) electrons. The summed E-state index contributed by atoms with van der Waals surface area (Å²) in [5, 5.41) is 0. The van der Waals surface area contributed by atoms with Gasteiger partial charge in [0.2, 0.25) is 0 Å². The van der Waals surface area contributed by atoms with E-state index >= 15 is 0 Å². The molecule has 5 nitrogen and oxygen atoms in total. The molecule has 1 heterocycles. The van der Waals surface area contributed by atoms with E-state index < -0.39 is 5.54 Å². The predicted molar refractivity (Wildman–Crippen MR) is 51.1 cm³/mol. The molecule has 0 unspecified atom stereocenters. The summed E-state index contributed by atoms with van der Waals surface area (Å²) in [5.74, 6) is 0.629. The van der Waals surface area contributed by atoms with Crippen LogP contribution < -0.4 is 17.0 Å². The highest BCUT2D eigenvalue weighted by molar-refractivity contribution is 5.26. The number of rotatable bonds is 2. The normalized spacial score (nSPS) is 15.3. The molecule has 0 saturated carbocycles. The van der Waals surface area contributed by atoms with Crippen LogP contribution in [0.25, 0.3) is 0 Å². The fourth-order valence-corrected chi connectivity index (χ4v) is 0.914. The van der Waals surface area contributed by atoms with Crippen molar-refractivity contribution in [2.45, 2.75) is 25.8 Å². The molecule has 0 aliphatic rings. The zero-order valence-electron chi connectivity index (χ0n) is 7.79. The summed E-state index contributed by atoms with van der Waals surface area (Å²) in [6.45, 7) is 3.72. The van der Waals surface area contributed by atoms with Crippen molar-refractivity contribution < 1.29 is 0 Å². The predicted octanol–water partition coefficient (Wildman–Crippen LogP) is -0.0640. The van der Waals surface area contributed by atoms with Gasteiger partial charge in [0.05, 0.1) is 5.54 Å². The zero-order valence-corrected chi connectivity index (χ0v) is 7.79. The molecule has 0 amide bonds. The quantitative estimate of drug-likeness (QED) is 0.596. The van der Waals surface area contributed by atoms with E-state index in [9.17, 15) is 4.79 Å². The van der Waals surface area contributed by atoms with E-state index in [2.05, 4.69) is 9.97 Å². The lowest BCUT2D eigenvalue weighted by atomic mass is 10.00. The number of hydrogen-bond donors (Lipinski definition) is 3. The largest absolute Gasteiger partial charge is 0.383 e. The number of H-pyrrole nitrogens is 1. The zero-order chi connectivity index (χ0) is 10.1. The van der Waals surface area contributed by atoms with Gasteiger partial charge >= 0.3 is 0 Å². The molecule has 0 aromatic carbocycles. The smallest absolute Gasteiger partial charge is 0.253 e. The lowest BCUT2D eigenvalue weighted by Crippen LogP contribution is -2.36. The Kier molecular flexibility index (Phi) is 2.38. The minimum atomic E-state index is -0.630. The number of aromatic nitrogens is 2. The standard InChI is InChI=1S/C8H14N4O/c1-3-8(2,10)7-11-5(9)4-6(13)12-7/h4H,3,10H2,1-2H3,(H3,9,11,12,13)/t8-/m1/s1. The van der Waals surface area contributed by atoms with Crippen LogP contribution in [0.1, 0.15) is 26.1 Å². The molecule has 0 fully saturated rings. The molecule has 0 aliphatic heterocycles. The number of nitrogens with one attached hydrogen (secondary N) is 1. The second-order valence-electron chi connectivity index (χ2n) is 3.29. The lowest BCUT2D eigenvalue weighted by molar-refractivity contribution is 0.444. The van der Waals surface area contributed by atoms with Crippen LogP contribution in [0.2, 0.25) is 0 Å². The summed E-state index contributed by atoms with van der Waals surface area (Å²) in [6.07, 6.45) is 0.680. The second kappa shape index (κ2) is 3.18. The van der Waals surface area contributed by atoms with Crippen LogP contribution in [0.15, 0.2) is 10.9 Å². The number of hydrogen-bond acceptors (Lipinski definition) is 4. The Hall–Kier alpha value is -1.36. The molecule has 5 heteroatoms. The minimum absolute atomic E-state index is 0.198. The average molecular weight is 182 g/mol. The SMILES string of the molecule is CC[C@@](C)(N)c1nc(N)cc(=O)[nH]1. The van der Waals surface area contributed by atoms with E-state index in [0.29, 0.717) is 12.2 Å². The molecule has 0 bridgehead atoms. The van der Waals surface area contributed by atoms with Gasteiger partial charge in [-0.3, -0.25) is 4.79 Å². The first kappa shape index (κ1) is 9.73. The number of aromatic amines is 1. The Balaban J connectivity index is 3.23. The van der Waals surface area contributed by atoms with E-state index in [1.54, 1.807) is 6.92 Å². The Morgan fingerprint density at radius 2 is 2.31 bits per heavy atom. The van der Waals surface area contributed by atoms with Gasteiger partial charge in [-0.2, -0.15) is 0 Å². The van der Waals surface area contributed by atoms with Crippen molar-refractivity contribution in [1.29, 1.82) is 0 Å². The van der Waals surface area contributed by atoms with Crippen molar-refractivity contribution in [2.24, 2.45) is 5.73 Å². The number of nitrogens with two attached hydrogens (primary N) is 2. The topological polar surface area (TPSA) is 97.8 Å². The summed E-state index contributed by atoms with van der Waals surface area (Å²) in [7, 11) is 0. The van der Waals surface area contributed by atoms with Crippen LogP contribution in [0.5, 0.6) is 0 Å². The summed E-state index contributed by atoms with van der Waals surface area (Å²) in [5.41, 5.74) is 10.4. The van der Waals surface area contributed by atoms with E-state index in [4.69, 9.17) is 11.5 Å². The Morgan fingerprint density at radius 3 is 2.77 bits per heavy atom. The molecular weight excluding hydrogens is 168 g/mol. The highest BCUT2D eigenvalue weighted by atomic mass is 16.1. The van der Waals surface area contributed by atoms with Gasteiger partial charge in [-0.1, -0.05) is 6.92 Å². The molecule has 1 aromatic rings. The average Bonchev–Trinajstić information content (AvgIpc) is 2.02. The van der Waals surface area contributed by atoms with Crippen molar-refractivity contribution in [3.05, 3.63) is 22.2 Å². The number of nitrogens with zero attached hydrogens (tertiary/aromatic N) is 1. The van der Waals surface area contributed by atoms with Gasteiger partial charge < -0.3 is 16.5 Å². The fraction of sp³-hybridized carbons (Fsp3) is 0.500. The molecule has 72 valence electrons. The first-order chi connectivity index (χ1) is 5.95. The first-order valence-corrected chi connectivity index (χ1v) is 4.12. The summed E-state index contributed by atoms with van der Waals surface area (Å²) < 4.78 is 0. The molecule has 0 spiro atoms. The third kappa shape index (κ3) is 2.06. The molecule has 0 saturated heterocycles. The Morgan fingerprint density at radius 1 is 1.69 bits per heavy atom. The van der Waals surface area contributed by atoms with Gasteiger partial charge in [0, 0.05) is 6.07 Å². The summed E-state index contributed by atoms with van der Waals surface area (Å²) in [4.78, 5) is 17.6. The molecule has 1 atom stereocenters. The van der Waals surface area contributed by atoms with Crippen LogP contribution in [-0.2, 0) is 5.54 Å². The van der Waals surface area contributed by atoms with Crippen molar-refractivity contribution in [2.75, 3.05) is 5.73 Å². The van der Waals surface area contributed by atoms with Crippen molar-refractivity contribution >= 4 is 5.82 Å². The lowest BCUT2D eigenvalue weighted by Gasteiger charge is -2.21. The van der Waals surface area contributed by atoms with E-state index in [-0.39, 0.29) is 11.4 Å². The van der Waals surface area contributed by atoms with Crippen LogP contribution in [0.3, 0.4) is 0 Å². The maximum absolute atomic E-state index is 11.0. The van der Waals surface area contributed by atoms with E-state index in [1.807, 2.05) is 6.92 Å². The van der Waals surface area contributed by atoms with Gasteiger partial charge in [0.15, 0.2) is 0 Å². The van der Waals surface area contributed by atoms with Gasteiger partial charge in [-0.25, -0.2) is 4.98 Å². The number of anilines is 1. The second-order valence-corrected chi connectivity index (χ2v) is 3.29. The van der Waals surface area contributed by atoms with Crippen molar-refractivity contribution in [3.8, 4) is 0 Å². The third-order valence-corrected chi connectivity index (χ3v) is 2.04. The van der Waals surface area contributed by atoms with Crippen LogP contribution in [0.4, 0.5) is 5.82 Å². The Labute approximate surface area is 76.2 Å². The Bertz CT molecular complexity index is 355. The monoisotopic (exact) mass is 182 g/mol. The van der Waals surface area contributed by atoms with Gasteiger partial charge in [0.1, 0.15) is 11.6 Å². The summed E-state index contributed by atoms with van der Waals surface area (Å²) >= 11 is 0. The molecule has 0 aliphatic carbocycles. The third-order valence-electron chi connectivity index (χ3n) is 2.04. The van der Waals surface area contributed by atoms with Crippen LogP contribution in [-0.4, -0.2) is 9.97 Å². The fourth-order valence-electron chi connectivity index (χ4n) is 0.914. The highest BCUT2D eigenvalue weighted by Gasteiger charge is 2.21. The molecule has 1 rings (SSSR count). The molecular formula is C8H14N4O. The number of nitrogen functional groups attached to an aromatic ring is 1. The molecule has 13 heavy (non-hydrogen) atoms. The maximum atomic E-state index is 11.0. The molecule has 5 N–H and O–H groups in total. The minimum Gasteiger partial charge on any atom is -0.383 e.